The summed E-state index contributed by atoms with van der Waals surface area (Å²) >= 11 is 0. The lowest BCUT2D eigenvalue weighted by Crippen LogP contribution is -2.45. The average molecular weight is 441 g/mol. The van der Waals surface area contributed by atoms with Crippen LogP contribution in [0.2, 0.25) is 0 Å². The molecule has 1 N–H and O–H groups in total. The van der Waals surface area contributed by atoms with Gasteiger partial charge in [0.25, 0.3) is 5.91 Å². The molecule has 1 aromatic carbocycles. The fraction of sp³-hybridized carbons (Fsp3) is 0.654. The minimum Gasteiger partial charge on any atom is -0.388 e. The molecule has 0 bridgehead atoms. The molecule has 0 saturated carbocycles. The molecule has 0 aliphatic carbocycles. The first kappa shape index (κ1) is 21.9. The molecular weight excluding hydrogens is 404 g/mol. The van der Waals surface area contributed by atoms with E-state index in [2.05, 4.69) is 13.0 Å². The normalized spacial score (nSPS) is 30.5. The predicted molar refractivity (Wildman–Crippen MR) is 124 cm³/mol. The molecule has 3 fully saturated rings. The number of ether oxygens (including phenoxy) is 2. The van der Waals surface area contributed by atoms with Crippen LogP contribution in [0.3, 0.4) is 0 Å². The topological polar surface area (TPSA) is 63.9 Å². The van der Waals surface area contributed by atoms with Crippen LogP contribution in [0.25, 0.3) is 10.9 Å². The Labute approximate surface area is 190 Å². The van der Waals surface area contributed by atoms with Crippen molar-refractivity contribution in [1.82, 2.24) is 9.47 Å². The maximum absolute atomic E-state index is 13.3. The number of carbonyl (C=O) groups is 1. The zero-order valence-electron chi connectivity index (χ0n) is 19.8. The molecule has 1 spiro atoms. The van der Waals surface area contributed by atoms with Crippen molar-refractivity contribution in [2.45, 2.75) is 76.3 Å². The number of amides is 1. The van der Waals surface area contributed by atoms with Crippen LogP contribution in [0, 0.1) is 5.41 Å². The lowest BCUT2D eigenvalue weighted by atomic mass is 9.74. The molecule has 6 nitrogen and oxygen atoms in total. The van der Waals surface area contributed by atoms with E-state index in [0.29, 0.717) is 0 Å². The summed E-state index contributed by atoms with van der Waals surface area (Å²) in [6.07, 6.45) is 6.54. The monoisotopic (exact) mass is 440 g/mol. The number of aromatic nitrogens is 1. The summed E-state index contributed by atoms with van der Waals surface area (Å²) in [5.41, 5.74) is 0.833. The molecule has 1 amide bonds. The molecular formula is C26H36N2O4. The standard InChI is InChI=1S/C26H36N2O4/c1-24(2,30)21-9-10-25(3,32-21)22-15-26(17-31-22)11-13-28(14-12-26)23(29)19-16-27(4)20-8-6-5-7-18(19)20/h5-8,16,21-22,30H,9-15,17H2,1-4H3/t21-,22-,25+/m0/s1. The highest BCUT2D eigenvalue weighted by molar-refractivity contribution is 6.07. The van der Waals surface area contributed by atoms with Crippen molar-refractivity contribution in [1.29, 1.82) is 0 Å². The largest absolute Gasteiger partial charge is 0.388 e. The van der Waals surface area contributed by atoms with E-state index in [1.807, 2.05) is 54.8 Å². The molecule has 6 heteroatoms. The van der Waals surface area contributed by atoms with E-state index < -0.39 is 5.60 Å². The first-order valence-electron chi connectivity index (χ1n) is 12.0. The van der Waals surface area contributed by atoms with Gasteiger partial charge in [-0.2, -0.15) is 0 Å². The van der Waals surface area contributed by atoms with Crippen LogP contribution in [-0.4, -0.2) is 63.6 Å². The molecule has 5 rings (SSSR count). The van der Waals surface area contributed by atoms with Crippen LogP contribution in [0.1, 0.15) is 63.2 Å². The van der Waals surface area contributed by atoms with E-state index >= 15 is 0 Å². The quantitative estimate of drug-likeness (QED) is 0.786. The van der Waals surface area contributed by atoms with Crippen molar-refractivity contribution in [2.75, 3.05) is 19.7 Å². The Balaban J connectivity index is 1.24. The van der Waals surface area contributed by atoms with Crippen LogP contribution in [0.5, 0.6) is 0 Å². The van der Waals surface area contributed by atoms with Crippen LogP contribution < -0.4 is 0 Å². The van der Waals surface area contributed by atoms with Crippen molar-refractivity contribution in [2.24, 2.45) is 12.5 Å². The second kappa shape index (κ2) is 7.57. The third-order valence-corrected chi connectivity index (χ3v) is 8.23. The first-order chi connectivity index (χ1) is 15.1. The molecule has 4 heterocycles. The van der Waals surface area contributed by atoms with Gasteiger partial charge in [-0.1, -0.05) is 18.2 Å². The van der Waals surface area contributed by atoms with Gasteiger partial charge < -0.3 is 24.0 Å². The molecule has 2 aromatic rings. The van der Waals surface area contributed by atoms with E-state index in [4.69, 9.17) is 9.47 Å². The second-order valence-electron chi connectivity index (χ2n) is 11.1. The highest BCUT2D eigenvalue weighted by Crippen LogP contribution is 2.49. The summed E-state index contributed by atoms with van der Waals surface area (Å²) in [5, 5.41) is 11.4. The highest BCUT2D eigenvalue weighted by atomic mass is 16.6. The molecule has 3 aliphatic heterocycles. The summed E-state index contributed by atoms with van der Waals surface area (Å²) in [7, 11) is 1.99. The Hall–Kier alpha value is -1.89. The highest BCUT2D eigenvalue weighted by Gasteiger charge is 2.53. The molecule has 0 radical (unpaired) electrons. The van der Waals surface area contributed by atoms with Gasteiger partial charge in [0.1, 0.15) is 0 Å². The maximum Gasteiger partial charge on any atom is 0.256 e. The summed E-state index contributed by atoms with van der Waals surface area (Å²) < 4.78 is 14.7. The van der Waals surface area contributed by atoms with Crippen LogP contribution in [0.4, 0.5) is 0 Å². The van der Waals surface area contributed by atoms with Crippen LogP contribution >= 0.6 is 0 Å². The van der Waals surface area contributed by atoms with Gasteiger partial charge in [0, 0.05) is 37.2 Å². The van der Waals surface area contributed by atoms with Gasteiger partial charge in [0.2, 0.25) is 0 Å². The Morgan fingerprint density at radius 3 is 2.59 bits per heavy atom. The Morgan fingerprint density at radius 2 is 1.91 bits per heavy atom. The number of piperidine rings is 1. The maximum atomic E-state index is 13.3. The smallest absolute Gasteiger partial charge is 0.256 e. The molecule has 3 atom stereocenters. The number of fused-ring (bicyclic) bond motifs is 1. The number of nitrogens with zero attached hydrogens (tertiary/aromatic N) is 2. The van der Waals surface area contributed by atoms with Crippen molar-refractivity contribution < 1.29 is 19.4 Å². The van der Waals surface area contributed by atoms with Crippen LogP contribution in [-0.2, 0) is 16.5 Å². The Morgan fingerprint density at radius 1 is 1.19 bits per heavy atom. The third-order valence-electron chi connectivity index (χ3n) is 8.23. The summed E-state index contributed by atoms with van der Waals surface area (Å²) in [4.78, 5) is 15.3. The molecule has 1 aromatic heterocycles. The van der Waals surface area contributed by atoms with Crippen LogP contribution in [0.15, 0.2) is 30.5 Å². The van der Waals surface area contributed by atoms with Crippen molar-refractivity contribution >= 4 is 16.8 Å². The summed E-state index contributed by atoms with van der Waals surface area (Å²) in [6.45, 7) is 8.05. The average Bonchev–Trinajstić information content (AvgIpc) is 3.45. The number of aliphatic hydroxyl groups is 1. The van der Waals surface area contributed by atoms with E-state index in [9.17, 15) is 9.90 Å². The van der Waals surface area contributed by atoms with E-state index in [-0.39, 0.29) is 29.1 Å². The van der Waals surface area contributed by atoms with E-state index in [1.165, 1.54) is 0 Å². The Bertz CT molecular complexity index is 1010. The Kier molecular flexibility index (Phi) is 5.19. The van der Waals surface area contributed by atoms with Crippen molar-refractivity contribution in [3.05, 3.63) is 36.0 Å². The van der Waals surface area contributed by atoms with Gasteiger partial charge in [0.05, 0.1) is 35.6 Å². The molecule has 3 saturated heterocycles. The number of hydrogen-bond acceptors (Lipinski definition) is 4. The zero-order valence-corrected chi connectivity index (χ0v) is 19.8. The van der Waals surface area contributed by atoms with Crippen molar-refractivity contribution in [3.63, 3.8) is 0 Å². The number of rotatable bonds is 3. The molecule has 0 unspecified atom stereocenters. The number of para-hydroxylation sites is 1. The number of aryl methyl sites for hydroxylation is 1. The fourth-order valence-corrected chi connectivity index (χ4v) is 5.99. The number of likely N-dealkylation sites (tertiary alicyclic amines) is 1. The van der Waals surface area contributed by atoms with E-state index in [0.717, 1.165) is 68.3 Å². The fourth-order valence-electron chi connectivity index (χ4n) is 5.99. The minimum atomic E-state index is -0.832. The zero-order chi connectivity index (χ0) is 22.7. The van der Waals surface area contributed by atoms with Gasteiger partial charge in [-0.3, -0.25) is 4.79 Å². The van der Waals surface area contributed by atoms with Gasteiger partial charge in [-0.05, 0) is 64.4 Å². The van der Waals surface area contributed by atoms with Crippen molar-refractivity contribution in [3.8, 4) is 0 Å². The number of benzene rings is 1. The van der Waals surface area contributed by atoms with E-state index in [1.54, 1.807) is 0 Å². The SMILES string of the molecule is Cn1cc(C(=O)N2CCC3(CC2)CO[C@H]([C@@]2(C)CC[C@@H](C(C)(C)O)O2)C3)c2ccccc21. The minimum absolute atomic E-state index is 0.0511. The van der Waals surface area contributed by atoms with Gasteiger partial charge >= 0.3 is 0 Å². The van der Waals surface area contributed by atoms with Gasteiger partial charge in [-0.25, -0.2) is 0 Å². The summed E-state index contributed by atoms with van der Waals surface area (Å²) in [5.74, 6) is 0.131. The first-order valence-corrected chi connectivity index (χ1v) is 12.0. The summed E-state index contributed by atoms with van der Waals surface area (Å²) in [6, 6.07) is 8.10. The molecule has 32 heavy (non-hydrogen) atoms. The molecule has 174 valence electrons. The third kappa shape index (κ3) is 3.66. The number of hydrogen-bond donors (Lipinski definition) is 1. The van der Waals surface area contributed by atoms with Gasteiger partial charge in [-0.15, -0.1) is 0 Å². The lowest BCUT2D eigenvalue weighted by Gasteiger charge is -2.39. The number of carbonyl (C=O) groups excluding carboxylic acids is 1. The molecule has 3 aliphatic rings. The lowest BCUT2D eigenvalue weighted by molar-refractivity contribution is -0.155. The van der Waals surface area contributed by atoms with Gasteiger partial charge in [0.15, 0.2) is 0 Å². The second-order valence-corrected chi connectivity index (χ2v) is 11.1. The predicted octanol–water partition coefficient (Wildman–Crippen LogP) is 3.90.